The summed E-state index contributed by atoms with van der Waals surface area (Å²) in [5.74, 6) is 2.18. The van der Waals surface area contributed by atoms with E-state index in [-0.39, 0.29) is 11.8 Å². The first-order chi connectivity index (χ1) is 11.0. The summed E-state index contributed by atoms with van der Waals surface area (Å²) in [7, 11) is 0. The Kier molecular flexibility index (Phi) is 3.50. The van der Waals surface area contributed by atoms with Crippen molar-refractivity contribution in [2.75, 3.05) is 13.1 Å². The highest BCUT2D eigenvalue weighted by Crippen LogP contribution is 2.43. The third kappa shape index (κ3) is 2.39. The molecule has 2 aliphatic rings. The Morgan fingerprint density at radius 3 is 2.87 bits per heavy atom. The molecule has 122 valence electrons. The number of aromatic nitrogens is 2. The summed E-state index contributed by atoms with van der Waals surface area (Å²) in [6.45, 7) is 5.98. The molecule has 6 heteroatoms. The van der Waals surface area contributed by atoms with E-state index in [1.807, 2.05) is 42.8 Å². The number of halogens is 1. The van der Waals surface area contributed by atoms with Gasteiger partial charge in [0.05, 0.1) is 17.3 Å². The van der Waals surface area contributed by atoms with Crippen LogP contribution < -0.4 is 10.6 Å². The van der Waals surface area contributed by atoms with Crippen LogP contribution in [0.2, 0.25) is 0 Å². The minimum atomic E-state index is -0.512. The van der Waals surface area contributed by atoms with E-state index < -0.39 is 5.54 Å². The van der Waals surface area contributed by atoms with Crippen molar-refractivity contribution in [3.05, 3.63) is 34.8 Å². The molecule has 1 amide bonds. The Balaban J connectivity index is 1.59. The summed E-state index contributed by atoms with van der Waals surface area (Å²) in [5, 5.41) is 6.62. The molecule has 1 saturated carbocycles. The number of nitrogens with zero attached hydrogens (tertiary/aromatic N) is 2. The number of hydrogen-bond acceptors (Lipinski definition) is 3. The quantitative estimate of drug-likeness (QED) is 0.863. The molecule has 1 saturated heterocycles. The standard InChI is InChI=1S/C17H21BrN4O/c1-17(2,16-20-9-13-12(18)4-3-5-22(13)16)21-15(23)14-10-6-11(14)8-19-7-10/h3-5,9-11,14,19H,6-8H2,1-2H3,(H,21,23)/t10-,11+,14+. The van der Waals surface area contributed by atoms with E-state index in [1.165, 1.54) is 6.42 Å². The Labute approximate surface area is 144 Å². The van der Waals surface area contributed by atoms with Crippen LogP contribution in [0.1, 0.15) is 26.1 Å². The van der Waals surface area contributed by atoms with Crippen LogP contribution in [0.4, 0.5) is 0 Å². The molecule has 2 N–H and O–H groups in total. The Morgan fingerprint density at radius 1 is 1.43 bits per heavy atom. The van der Waals surface area contributed by atoms with Gasteiger partial charge < -0.3 is 15.0 Å². The molecule has 0 unspecified atom stereocenters. The van der Waals surface area contributed by atoms with Crippen LogP contribution in [0.15, 0.2) is 29.0 Å². The Bertz CT molecular complexity index is 755. The van der Waals surface area contributed by atoms with Crippen molar-refractivity contribution in [3.8, 4) is 0 Å². The van der Waals surface area contributed by atoms with Gasteiger partial charge in [0.2, 0.25) is 5.91 Å². The third-order valence-electron chi connectivity index (χ3n) is 5.25. The molecule has 2 aromatic rings. The Hall–Kier alpha value is -1.40. The maximum Gasteiger partial charge on any atom is 0.224 e. The summed E-state index contributed by atoms with van der Waals surface area (Å²) < 4.78 is 3.04. The number of carbonyl (C=O) groups is 1. The molecule has 3 atom stereocenters. The fraction of sp³-hybridized carbons (Fsp3) is 0.529. The number of pyridine rings is 1. The largest absolute Gasteiger partial charge is 0.344 e. The molecule has 0 spiro atoms. The predicted molar refractivity (Wildman–Crippen MR) is 92.0 cm³/mol. The van der Waals surface area contributed by atoms with Gasteiger partial charge in [-0.25, -0.2) is 4.98 Å². The predicted octanol–water partition coefficient (Wildman–Crippen LogP) is 2.30. The number of piperidine rings is 2. The molecule has 0 aromatic carbocycles. The van der Waals surface area contributed by atoms with Gasteiger partial charge in [0.15, 0.2) is 0 Å². The van der Waals surface area contributed by atoms with E-state index in [1.54, 1.807) is 0 Å². The lowest BCUT2D eigenvalue weighted by molar-refractivity contribution is -0.138. The number of hydrogen-bond donors (Lipinski definition) is 2. The van der Waals surface area contributed by atoms with Crippen molar-refractivity contribution in [2.24, 2.45) is 17.8 Å². The zero-order valence-electron chi connectivity index (χ0n) is 13.3. The molecule has 1 aliphatic carbocycles. The number of imidazole rings is 1. The van der Waals surface area contributed by atoms with E-state index in [2.05, 4.69) is 31.5 Å². The monoisotopic (exact) mass is 376 g/mol. The van der Waals surface area contributed by atoms with Gasteiger partial charge in [-0.2, -0.15) is 0 Å². The summed E-state index contributed by atoms with van der Waals surface area (Å²) in [5.41, 5.74) is 0.497. The van der Waals surface area contributed by atoms with E-state index in [9.17, 15) is 4.79 Å². The van der Waals surface area contributed by atoms with Gasteiger partial charge in [-0.3, -0.25) is 4.79 Å². The molecule has 4 rings (SSSR count). The SMILES string of the molecule is CC(C)(NC(=O)[C@@H]1[C@@H]2CNC[C@H]1C2)c1ncc2c(Br)cccn12. The summed E-state index contributed by atoms with van der Waals surface area (Å²) >= 11 is 3.55. The fourth-order valence-corrected chi connectivity index (χ4v) is 4.52. The minimum absolute atomic E-state index is 0.161. The molecule has 5 nitrogen and oxygen atoms in total. The van der Waals surface area contributed by atoms with E-state index in [0.29, 0.717) is 11.8 Å². The van der Waals surface area contributed by atoms with Crippen molar-refractivity contribution >= 4 is 27.4 Å². The zero-order chi connectivity index (χ0) is 16.2. The average molecular weight is 377 g/mol. The maximum absolute atomic E-state index is 12.8. The first kappa shape index (κ1) is 15.1. The molecular formula is C17H21BrN4O. The van der Waals surface area contributed by atoms with Crippen molar-refractivity contribution in [3.63, 3.8) is 0 Å². The lowest BCUT2D eigenvalue weighted by Gasteiger charge is -2.49. The molecular weight excluding hydrogens is 356 g/mol. The van der Waals surface area contributed by atoms with Crippen LogP contribution >= 0.6 is 15.9 Å². The summed E-state index contributed by atoms with van der Waals surface area (Å²) in [6.07, 6.45) is 5.01. The lowest BCUT2D eigenvalue weighted by Crippen LogP contribution is -2.60. The zero-order valence-corrected chi connectivity index (χ0v) is 14.9. The normalized spacial score (nSPS) is 26.8. The fourth-order valence-electron chi connectivity index (χ4n) is 4.07. The van der Waals surface area contributed by atoms with Gasteiger partial charge in [0.25, 0.3) is 0 Å². The van der Waals surface area contributed by atoms with Gasteiger partial charge in [0, 0.05) is 16.6 Å². The van der Waals surface area contributed by atoms with Crippen LogP contribution in [0, 0.1) is 17.8 Å². The molecule has 1 aliphatic heterocycles. The van der Waals surface area contributed by atoms with Gasteiger partial charge in [0.1, 0.15) is 5.82 Å². The maximum atomic E-state index is 12.8. The highest BCUT2D eigenvalue weighted by molar-refractivity contribution is 9.10. The van der Waals surface area contributed by atoms with Crippen molar-refractivity contribution in [1.82, 2.24) is 20.0 Å². The molecule has 0 radical (unpaired) electrons. The van der Waals surface area contributed by atoms with Gasteiger partial charge in [-0.05, 0) is 73.3 Å². The van der Waals surface area contributed by atoms with Crippen molar-refractivity contribution < 1.29 is 4.79 Å². The topological polar surface area (TPSA) is 58.4 Å². The van der Waals surface area contributed by atoms with Gasteiger partial charge >= 0.3 is 0 Å². The molecule has 2 aromatic heterocycles. The summed E-state index contributed by atoms with van der Waals surface area (Å²) in [4.78, 5) is 17.3. The highest BCUT2D eigenvalue weighted by Gasteiger charge is 2.48. The van der Waals surface area contributed by atoms with Crippen molar-refractivity contribution in [1.29, 1.82) is 0 Å². The first-order valence-electron chi connectivity index (χ1n) is 8.12. The number of carbonyl (C=O) groups excluding carboxylic acids is 1. The number of amides is 1. The smallest absolute Gasteiger partial charge is 0.224 e. The second kappa shape index (κ2) is 5.31. The van der Waals surface area contributed by atoms with Crippen LogP contribution in [-0.4, -0.2) is 28.4 Å². The van der Waals surface area contributed by atoms with Gasteiger partial charge in [-0.1, -0.05) is 0 Å². The second-order valence-corrected chi connectivity index (χ2v) is 8.10. The lowest BCUT2D eigenvalue weighted by atomic mass is 9.61. The van der Waals surface area contributed by atoms with E-state index >= 15 is 0 Å². The molecule has 2 fully saturated rings. The molecule has 3 heterocycles. The van der Waals surface area contributed by atoms with E-state index in [4.69, 9.17) is 0 Å². The first-order valence-corrected chi connectivity index (χ1v) is 8.91. The van der Waals surface area contributed by atoms with Gasteiger partial charge in [-0.15, -0.1) is 0 Å². The highest BCUT2D eigenvalue weighted by atomic mass is 79.9. The molecule has 2 bridgehead atoms. The average Bonchev–Trinajstić information content (AvgIpc) is 2.93. The number of nitrogens with one attached hydrogen (secondary N) is 2. The Morgan fingerprint density at radius 2 is 2.17 bits per heavy atom. The van der Waals surface area contributed by atoms with Crippen LogP contribution in [0.5, 0.6) is 0 Å². The number of rotatable bonds is 3. The van der Waals surface area contributed by atoms with Crippen molar-refractivity contribution in [2.45, 2.75) is 25.8 Å². The molecule has 23 heavy (non-hydrogen) atoms. The minimum Gasteiger partial charge on any atom is -0.344 e. The van der Waals surface area contributed by atoms with E-state index in [0.717, 1.165) is 28.9 Å². The van der Waals surface area contributed by atoms with Crippen LogP contribution in [-0.2, 0) is 10.3 Å². The van der Waals surface area contributed by atoms with Crippen LogP contribution in [0.25, 0.3) is 5.52 Å². The number of fused-ring (bicyclic) bond motifs is 3. The van der Waals surface area contributed by atoms with Crippen LogP contribution in [0.3, 0.4) is 0 Å². The summed E-state index contributed by atoms with van der Waals surface area (Å²) in [6, 6.07) is 3.97. The second-order valence-electron chi connectivity index (χ2n) is 7.25. The third-order valence-corrected chi connectivity index (χ3v) is 5.92.